The Bertz CT molecular complexity index is 2500. The van der Waals surface area contributed by atoms with Crippen LogP contribution in [0.25, 0.3) is 44.3 Å². The van der Waals surface area contributed by atoms with Gasteiger partial charge in [0.2, 0.25) is 5.88 Å². The lowest BCUT2D eigenvalue weighted by Crippen LogP contribution is -2.64. The fourth-order valence-electron chi connectivity index (χ4n) is 8.35. The van der Waals surface area contributed by atoms with Crippen LogP contribution < -0.4 is 4.74 Å². The maximum absolute atomic E-state index is 15.0. The molecule has 13 nitrogen and oxygen atoms in total. The third-order valence-electron chi connectivity index (χ3n) is 10.9. The van der Waals surface area contributed by atoms with Crippen LogP contribution in [-0.4, -0.2) is 80.8 Å². The number of piperidine rings is 1. The van der Waals surface area contributed by atoms with E-state index in [2.05, 4.69) is 27.2 Å². The van der Waals surface area contributed by atoms with E-state index in [1.165, 1.54) is 11.1 Å². The van der Waals surface area contributed by atoms with E-state index < -0.39 is 15.6 Å². The predicted octanol–water partition coefficient (Wildman–Crippen LogP) is 4.74. The molecule has 3 aliphatic rings. The molecule has 2 fully saturated rings. The van der Waals surface area contributed by atoms with Gasteiger partial charge in [-0.3, -0.25) is 14.3 Å². The van der Waals surface area contributed by atoms with Crippen molar-refractivity contribution in [2.45, 2.75) is 41.9 Å². The lowest BCUT2D eigenvalue weighted by molar-refractivity contribution is -0.166. The Hall–Kier alpha value is -5.07. The molecule has 0 bridgehead atoms. The normalized spacial score (nSPS) is 18.2. The van der Waals surface area contributed by atoms with Crippen LogP contribution in [-0.2, 0) is 45.8 Å². The molecule has 6 aromatic rings. The summed E-state index contributed by atoms with van der Waals surface area (Å²) in [6.45, 7) is 2.84. The highest BCUT2D eigenvalue weighted by Gasteiger charge is 2.51. The minimum absolute atomic E-state index is 0.132. The maximum atomic E-state index is 15.0. The van der Waals surface area contributed by atoms with Crippen LogP contribution in [0.5, 0.6) is 5.88 Å². The average Bonchev–Trinajstić information content (AvgIpc) is 3.88. The number of likely N-dealkylation sites (tertiary alicyclic amines) is 1. The van der Waals surface area contributed by atoms with Gasteiger partial charge in [-0.05, 0) is 42.7 Å². The van der Waals surface area contributed by atoms with Crippen LogP contribution >= 0.6 is 0 Å². The van der Waals surface area contributed by atoms with Gasteiger partial charge < -0.3 is 14.2 Å². The van der Waals surface area contributed by atoms with Gasteiger partial charge in [0.15, 0.2) is 5.65 Å². The molecule has 2 aromatic carbocycles. The molecule has 0 N–H and O–H groups in total. The molecule has 0 aliphatic carbocycles. The van der Waals surface area contributed by atoms with Gasteiger partial charge >= 0.3 is 0 Å². The molecule has 2 saturated heterocycles. The maximum Gasteiger partial charge on any atom is 0.269 e. The number of pyridine rings is 1. The fourth-order valence-corrected chi connectivity index (χ4v) is 9.86. The molecule has 3 aliphatic heterocycles. The number of aryl methyl sites for hydroxylation is 2. The molecule has 51 heavy (non-hydrogen) atoms. The zero-order chi connectivity index (χ0) is 35.1. The van der Waals surface area contributed by atoms with Crippen molar-refractivity contribution in [2.24, 2.45) is 14.1 Å². The van der Waals surface area contributed by atoms with E-state index in [0.29, 0.717) is 74.6 Å². The highest BCUT2D eigenvalue weighted by atomic mass is 32.2. The molecule has 1 spiro atoms. The Balaban J connectivity index is 1.36. The topological polar surface area (TPSA) is 142 Å². The van der Waals surface area contributed by atoms with E-state index in [4.69, 9.17) is 19.2 Å². The Morgan fingerprint density at radius 1 is 1.06 bits per heavy atom. The number of rotatable bonds is 7. The van der Waals surface area contributed by atoms with Crippen LogP contribution in [0.3, 0.4) is 0 Å². The Morgan fingerprint density at radius 3 is 2.55 bits per heavy atom. The fraction of sp³-hybridized carbons (Fsp3) is 0.351. The number of fused-ring (bicyclic) bond motifs is 5. The number of hydrogen-bond acceptors (Lipinski definition) is 10. The molecule has 9 rings (SSSR count). The zero-order valence-corrected chi connectivity index (χ0v) is 29.4. The van der Waals surface area contributed by atoms with Gasteiger partial charge in [0.1, 0.15) is 0 Å². The van der Waals surface area contributed by atoms with Crippen molar-refractivity contribution in [3.8, 4) is 34.3 Å². The van der Waals surface area contributed by atoms with E-state index in [0.717, 1.165) is 33.0 Å². The third kappa shape index (κ3) is 4.62. The van der Waals surface area contributed by atoms with Crippen LogP contribution in [0.15, 0.2) is 72.0 Å². The Labute approximate surface area is 294 Å². The predicted molar refractivity (Wildman–Crippen MR) is 188 cm³/mol. The molecule has 4 aromatic heterocycles. The summed E-state index contributed by atoms with van der Waals surface area (Å²) in [6.07, 6.45) is 7.10. The highest BCUT2D eigenvalue weighted by molar-refractivity contribution is 7.90. The van der Waals surface area contributed by atoms with Crippen molar-refractivity contribution in [2.75, 3.05) is 33.4 Å². The van der Waals surface area contributed by atoms with Crippen molar-refractivity contribution in [3.05, 3.63) is 78.2 Å². The first-order valence-electron chi connectivity index (χ1n) is 16.9. The van der Waals surface area contributed by atoms with Gasteiger partial charge in [-0.25, -0.2) is 17.4 Å². The quantitative estimate of drug-likeness (QED) is 0.229. The smallest absolute Gasteiger partial charge is 0.269 e. The molecular weight excluding hydrogens is 669 g/mol. The van der Waals surface area contributed by atoms with E-state index in [1.54, 1.807) is 54.5 Å². The largest absolute Gasteiger partial charge is 0.479 e. The van der Waals surface area contributed by atoms with Gasteiger partial charge in [0.25, 0.3) is 10.0 Å². The van der Waals surface area contributed by atoms with Gasteiger partial charge in [0, 0.05) is 67.0 Å². The summed E-state index contributed by atoms with van der Waals surface area (Å²) in [6, 6.07) is 16.9. The van der Waals surface area contributed by atoms with Crippen molar-refractivity contribution in [1.29, 1.82) is 5.26 Å². The van der Waals surface area contributed by atoms with Crippen molar-refractivity contribution in [1.82, 2.24) is 33.4 Å². The summed E-state index contributed by atoms with van der Waals surface area (Å²) < 4.78 is 53.0. The van der Waals surface area contributed by atoms with Crippen LogP contribution in [0.2, 0.25) is 0 Å². The summed E-state index contributed by atoms with van der Waals surface area (Å²) in [5.41, 5.74) is 4.58. The second kappa shape index (κ2) is 11.5. The van der Waals surface area contributed by atoms with E-state index >= 15 is 0 Å². The van der Waals surface area contributed by atoms with Crippen LogP contribution in [0.4, 0.5) is 0 Å². The molecule has 7 heterocycles. The van der Waals surface area contributed by atoms with Gasteiger partial charge in [-0.15, -0.1) is 5.10 Å². The summed E-state index contributed by atoms with van der Waals surface area (Å²) in [5, 5.41) is 20.3. The summed E-state index contributed by atoms with van der Waals surface area (Å²) >= 11 is 0. The minimum atomic E-state index is -4.22. The molecule has 0 saturated carbocycles. The first-order chi connectivity index (χ1) is 24.7. The molecule has 0 amide bonds. The first-order valence-corrected chi connectivity index (χ1v) is 18.3. The number of ether oxygens (including phenoxy) is 3. The standard InChI is InChI=1S/C37H36N8O5S/c1-42-20-28(35(41-42)48-3)33-30(24-9-10-29-25(17-24)19-40-43(29)2)31-32-26(18-39-34(31)45(33)51(46,47)27-7-5-4-6-8-27)21-50-37(32)12-15-44(16-13-37)36(11-14-38)22-49-23-36/h4-10,17-20H,11-13,15-16,21-23H2,1-3H3. The van der Waals surface area contributed by atoms with Crippen molar-refractivity contribution < 1.29 is 22.6 Å². The van der Waals surface area contributed by atoms with E-state index in [1.807, 2.05) is 30.1 Å². The monoisotopic (exact) mass is 704 g/mol. The Kier molecular flexibility index (Phi) is 7.17. The van der Waals surface area contributed by atoms with Gasteiger partial charge in [-0.1, -0.05) is 24.3 Å². The van der Waals surface area contributed by atoms with E-state index in [9.17, 15) is 13.7 Å². The number of hydrogen-bond donors (Lipinski definition) is 0. The first kappa shape index (κ1) is 31.9. The second-order valence-corrected chi connectivity index (χ2v) is 15.5. The lowest BCUT2D eigenvalue weighted by atomic mass is 9.79. The average molecular weight is 705 g/mol. The number of benzene rings is 2. The van der Waals surface area contributed by atoms with E-state index in [-0.39, 0.29) is 16.3 Å². The number of aromatic nitrogens is 6. The summed E-state index contributed by atoms with van der Waals surface area (Å²) in [4.78, 5) is 7.45. The third-order valence-corrected chi connectivity index (χ3v) is 12.6. The number of nitriles is 1. The molecule has 260 valence electrons. The zero-order valence-electron chi connectivity index (χ0n) is 28.5. The van der Waals surface area contributed by atoms with Gasteiger partial charge in [-0.2, -0.15) is 10.4 Å². The number of methoxy groups -OCH3 is 1. The summed E-state index contributed by atoms with van der Waals surface area (Å²) in [5.74, 6) is 0.287. The number of nitrogens with zero attached hydrogens (tertiary/aromatic N) is 8. The minimum Gasteiger partial charge on any atom is -0.479 e. The van der Waals surface area contributed by atoms with Gasteiger partial charge in [0.05, 0.1) is 78.4 Å². The molecule has 0 unspecified atom stereocenters. The molecular formula is C37H36N8O5S. The molecule has 14 heteroatoms. The molecule has 0 radical (unpaired) electrons. The Morgan fingerprint density at radius 2 is 1.84 bits per heavy atom. The van der Waals surface area contributed by atoms with Crippen molar-refractivity contribution in [3.63, 3.8) is 0 Å². The summed E-state index contributed by atoms with van der Waals surface area (Å²) in [7, 11) is 0.987. The van der Waals surface area contributed by atoms with Crippen LogP contribution in [0, 0.1) is 11.3 Å². The van der Waals surface area contributed by atoms with Crippen molar-refractivity contribution >= 4 is 32.0 Å². The lowest BCUT2D eigenvalue weighted by Gasteiger charge is -2.52. The molecule has 0 atom stereocenters. The highest BCUT2D eigenvalue weighted by Crippen LogP contribution is 2.54. The second-order valence-electron chi connectivity index (χ2n) is 13.8. The van der Waals surface area contributed by atoms with Crippen LogP contribution in [0.1, 0.15) is 30.4 Å². The SMILES string of the molecule is COc1nn(C)cc1-c1c(-c2ccc3c(cnn3C)c2)c2c3c(cnc2n1S(=O)(=O)c1ccccc1)COC31CCN(C2(CC#N)COC2)CC1.